The quantitative estimate of drug-likeness (QED) is 0.899. The average molecular weight is 313 g/mol. The SMILES string of the molecule is CC(C)(C)OC(=O)N[C@H](CO)c1ccc(-c2ccccc2)cc1. The van der Waals surface area contributed by atoms with Crippen molar-refractivity contribution in [2.45, 2.75) is 32.4 Å². The zero-order chi connectivity index (χ0) is 16.9. The van der Waals surface area contributed by atoms with Crippen LogP contribution in [0.5, 0.6) is 0 Å². The van der Waals surface area contributed by atoms with Crippen LogP contribution >= 0.6 is 0 Å². The maximum atomic E-state index is 11.8. The summed E-state index contributed by atoms with van der Waals surface area (Å²) in [6.45, 7) is 5.21. The number of benzene rings is 2. The molecule has 4 nitrogen and oxygen atoms in total. The summed E-state index contributed by atoms with van der Waals surface area (Å²) < 4.78 is 5.22. The van der Waals surface area contributed by atoms with Crippen molar-refractivity contribution in [1.82, 2.24) is 5.32 Å². The molecule has 122 valence electrons. The first-order valence-corrected chi connectivity index (χ1v) is 7.65. The highest BCUT2D eigenvalue weighted by Crippen LogP contribution is 2.22. The van der Waals surface area contributed by atoms with Gasteiger partial charge in [-0.25, -0.2) is 4.79 Å². The summed E-state index contributed by atoms with van der Waals surface area (Å²) in [6.07, 6.45) is -0.538. The summed E-state index contributed by atoms with van der Waals surface area (Å²) >= 11 is 0. The number of nitrogens with one attached hydrogen (secondary N) is 1. The van der Waals surface area contributed by atoms with Gasteiger partial charge in [0, 0.05) is 0 Å². The van der Waals surface area contributed by atoms with Crippen molar-refractivity contribution in [3.8, 4) is 11.1 Å². The Bertz CT molecular complexity index is 630. The van der Waals surface area contributed by atoms with Crippen molar-refractivity contribution in [1.29, 1.82) is 0 Å². The molecule has 1 atom stereocenters. The summed E-state index contributed by atoms with van der Waals surface area (Å²) in [5, 5.41) is 12.2. The van der Waals surface area contributed by atoms with E-state index in [2.05, 4.69) is 5.32 Å². The molecule has 0 unspecified atom stereocenters. The van der Waals surface area contributed by atoms with Crippen LogP contribution in [0.3, 0.4) is 0 Å². The highest BCUT2D eigenvalue weighted by atomic mass is 16.6. The molecule has 0 heterocycles. The molecule has 4 heteroatoms. The van der Waals surface area contributed by atoms with E-state index in [1.165, 1.54) is 0 Å². The molecule has 2 aromatic carbocycles. The van der Waals surface area contributed by atoms with Crippen LogP contribution in [-0.2, 0) is 4.74 Å². The molecule has 23 heavy (non-hydrogen) atoms. The molecule has 0 aromatic heterocycles. The molecule has 0 bridgehead atoms. The molecular formula is C19H23NO3. The molecule has 2 rings (SSSR count). The zero-order valence-corrected chi connectivity index (χ0v) is 13.7. The average Bonchev–Trinajstić information content (AvgIpc) is 2.52. The van der Waals surface area contributed by atoms with Gasteiger partial charge in [-0.05, 0) is 37.5 Å². The number of aliphatic hydroxyl groups excluding tert-OH is 1. The van der Waals surface area contributed by atoms with E-state index in [1.54, 1.807) is 20.8 Å². The largest absolute Gasteiger partial charge is 0.444 e. The molecule has 0 radical (unpaired) electrons. The Morgan fingerprint density at radius 1 is 1.04 bits per heavy atom. The number of carbonyl (C=O) groups is 1. The summed E-state index contributed by atoms with van der Waals surface area (Å²) in [5.74, 6) is 0. The van der Waals surface area contributed by atoms with E-state index < -0.39 is 17.7 Å². The van der Waals surface area contributed by atoms with Gasteiger partial charge in [0.15, 0.2) is 0 Å². The first kappa shape index (κ1) is 17.0. The van der Waals surface area contributed by atoms with Crippen molar-refractivity contribution in [2.24, 2.45) is 0 Å². The predicted octanol–water partition coefficient (Wildman–Crippen LogP) is 3.91. The van der Waals surface area contributed by atoms with Crippen LogP contribution in [0.4, 0.5) is 4.79 Å². The number of carbonyl (C=O) groups excluding carboxylic acids is 1. The van der Waals surface area contributed by atoms with Crippen molar-refractivity contribution in [3.05, 3.63) is 60.2 Å². The highest BCUT2D eigenvalue weighted by Gasteiger charge is 2.20. The second-order valence-electron chi connectivity index (χ2n) is 6.37. The summed E-state index contributed by atoms with van der Waals surface area (Å²) in [6, 6.07) is 17.3. The Kier molecular flexibility index (Phi) is 5.40. The van der Waals surface area contributed by atoms with E-state index in [0.717, 1.165) is 16.7 Å². The lowest BCUT2D eigenvalue weighted by molar-refractivity contribution is 0.0482. The predicted molar refractivity (Wildman–Crippen MR) is 91.1 cm³/mol. The smallest absolute Gasteiger partial charge is 0.408 e. The van der Waals surface area contributed by atoms with Gasteiger partial charge in [0.1, 0.15) is 5.60 Å². The first-order chi connectivity index (χ1) is 10.9. The van der Waals surface area contributed by atoms with Gasteiger partial charge in [-0.3, -0.25) is 0 Å². The Labute approximate surface area is 137 Å². The molecule has 1 amide bonds. The Balaban J connectivity index is 2.08. The second-order valence-corrected chi connectivity index (χ2v) is 6.37. The topological polar surface area (TPSA) is 58.6 Å². The highest BCUT2D eigenvalue weighted by molar-refractivity contribution is 5.69. The number of alkyl carbamates (subject to hydrolysis) is 1. The molecule has 0 saturated carbocycles. The van der Waals surface area contributed by atoms with Crippen LogP contribution in [0.2, 0.25) is 0 Å². The number of aliphatic hydroxyl groups is 1. The number of hydrogen-bond acceptors (Lipinski definition) is 3. The number of hydrogen-bond donors (Lipinski definition) is 2. The van der Waals surface area contributed by atoms with Gasteiger partial charge in [0.2, 0.25) is 0 Å². The Hall–Kier alpha value is -2.33. The van der Waals surface area contributed by atoms with E-state index in [0.29, 0.717) is 0 Å². The van der Waals surface area contributed by atoms with E-state index in [-0.39, 0.29) is 6.61 Å². The lowest BCUT2D eigenvalue weighted by atomic mass is 10.0. The Morgan fingerprint density at radius 3 is 2.13 bits per heavy atom. The lowest BCUT2D eigenvalue weighted by Gasteiger charge is -2.23. The van der Waals surface area contributed by atoms with Crippen LogP contribution in [0.25, 0.3) is 11.1 Å². The molecule has 0 aliphatic carbocycles. The fourth-order valence-corrected chi connectivity index (χ4v) is 2.22. The monoisotopic (exact) mass is 313 g/mol. The number of rotatable bonds is 4. The number of amides is 1. The van der Waals surface area contributed by atoms with Crippen LogP contribution in [0, 0.1) is 0 Å². The molecule has 2 N–H and O–H groups in total. The second kappa shape index (κ2) is 7.29. The van der Waals surface area contributed by atoms with Gasteiger partial charge in [-0.2, -0.15) is 0 Å². The zero-order valence-electron chi connectivity index (χ0n) is 13.7. The van der Waals surface area contributed by atoms with E-state index in [4.69, 9.17) is 4.74 Å². The minimum atomic E-state index is -0.568. The maximum absolute atomic E-state index is 11.8. The van der Waals surface area contributed by atoms with Gasteiger partial charge in [0.25, 0.3) is 0 Å². The fraction of sp³-hybridized carbons (Fsp3) is 0.316. The molecular weight excluding hydrogens is 290 g/mol. The third-order valence-corrected chi connectivity index (χ3v) is 3.29. The van der Waals surface area contributed by atoms with E-state index >= 15 is 0 Å². The summed E-state index contributed by atoms with van der Waals surface area (Å²) in [7, 11) is 0. The van der Waals surface area contributed by atoms with E-state index in [1.807, 2.05) is 54.6 Å². The Morgan fingerprint density at radius 2 is 1.61 bits per heavy atom. The third kappa shape index (κ3) is 5.11. The first-order valence-electron chi connectivity index (χ1n) is 7.65. The summed E-state index contributed by atoms with van der Waals surface area (Å²) in [5.41, 5.74) is 2.47. The van der Waals surface area contributed by atoms with Crippen LogP contribution < -0.4 is 5.32 Å². The molecule has 0 fully saturated rings. The van der Waals surface area contributed by atoms with Gasteiger partial charge < -0.3 is 15.2 Å². The molecule has 0 aliphatic rings. The summed E-state index contributed by atoms with van der Waals surface area (Å²) in [4.78, 5) is 11.8. The van der Waals surface area contributed by atoms with Crippen molar-refractivity contribution < 1.29 is 14.6 Å². The van der Waals surface area contributed by atoms with Gasteiger partial charge in [-0.1, -0.05) is 54.6 Å². The lowest BCUT2D eigenvalue weighted by Crippen LogP contribution is -2.36. The van der Waals surface area contributed by atoms with E-state index in [9.17, 15) is 9.90 Å². The molecule has 2 aromatic rings. The molecule has 0 aliphatic heterocycles. The van der Waals surface area contributed by atoms with Crippen molar-refractivity contribution >= 4 is 6.09 Å². The van der Waals surface area contributed by atoms with Crippen LogP contribution in [-0.4, -0.2) is 23.4 Å². The van der Waals surface area contributed by atoms with Gasteiger partial charge >= 0.3 is 6.09 Å². The number of ether oxygens (including phenoxy) is 1. The van der Waals surface area contributed by atoms with Crippen molar-refractivity contribution in [3.63, 3.8) is 0 Å². The normalized spacial score (nSPS) is 12.5. The standard InChI is InChI=1S/C19H23NO3/c1-19(2,3)23-18(22)20-17(13-21)16-11-9-15(10-12-16)14-7-5-4-6-8-14/h4-12,17,21H,13H2,1-3H3,(H,20,22)/t17-/m1/s1. The minimum absolute atomic E-state index is 0.191. The van der Waals surface area contributed by atoms with Crippen LogP contribution in [0.15, 0.2) is 54.6 Å². The molecule has 0 spiro atoms. The van der Waals surface area contributed by atoms with Gasteiger partial charge in [-0.15, -0.1) is 0 Å². The third-order valence-electron chi connectivity index (χ3n) is 3.29. The van der Waals surface area contributed by atoms with Gasteiger partial charge in [0.05, 0.1) is 12.6 Å². The van der Waals surface area contributed by atoms with Crippen LogP contribution in [0.1, 0.15) is 32.4 Å². The molecule has 0 saturated heterocycles. The minimum Gasteiger partial charge on any atom is -0.444 e. The fourth-order valence-electron chi connectivity index (χ4n) is 2.22. The van der Waals surface area contributed by atoms with Crippen molar-refractivity contribution in [2.75, 3.05) is 6.61 Å². The maximum Gasteiger partial charge on any atom is 0.408 e.